The average molecular weight is 500 g/mol. The molecule has 8 nitrogen and oxygen atoms in total. The molecular formula is C26H33N3O5S. The maximum absolute atomic E-state index is 14.2. The third-order valence-electron chi connectivity index (χ3n) is 7.40. The van der Waals surface area contributed by atoms with E-state index in [2.05, 4.69) is 13.2 Å². The second-order valence-corrected chi connectivity index (χ2v) is 10.9. The third kappa shape index (κ3) is 4.04. The first-order valence-corrected chi connectivity index (χ1v) is 12.7. The Labute approximate surface area is 210 Å². The molecule has 1 spiro atoms. The molecule has 0 aromatic heterocycles. The Hall–Kier alpha value is -2.78. The number of β-amino-alcohol motifs (C(OH)–C–C–N with tert-alkyl or cyclic N) is 1. The molecule has 3 heterocycles. The van der Waals surface area contributed by atoms with Gasteiger partial charge in [-0.15, -0.1) is 24.9 Å². The quantitative estimate of drug-likeness (QED) is 0.495. The summed E-state index contributed by atoms with van der Waals surface area (Å²) in [5.41, 5.74) is 0.669. The van der Waals surface area contributed by atoms with Crippen LogP contribution in [0.3, 0.4) is 0 Å². The van der Waals surface area contributed by atoms with Crippen molar-refractivity contribution in [3.63, 3.8) is 0 Å². The molecule has 188 valence electrons. The topological polar surface area (TPSA) is 90.4 Å². The summed E-state index contributed by atoms with van der Waals surface area (Å²) in [6.45, 7) is 7.99. The van der Waals surface area contributed by atoms with Crippen LogP contribution in [0.15, 0.2) is 49.6 Å². The monoisotopic (exact) mass is 499 g/mol. The molecule has 3 amide bonds. The number of fused-ring (bicyclic) bond motifs is 1. The van der Waals surface area contributed by atoms with Crippen molar-refractivity contribution < 1.29 is 24.2 Å². The van der Waals surface area contributed by atoms with Crippen LogP contribution in [0.2, 0.25) is 0 Å². The van der Waals surface area contributed by atoms with E-state index in [9.17, 15) is 19.5 Å². The molecule has 3 aliphatic heterocycles. The number of carbonyl (C=O) groups excluding carboxylic acids is 3. The van der Waals surface area contributed by atoms with Crippen molar-refractivity contribution >= 4 is 35.2 Å². The molecule has 3 saturated heterocycles. The summed E-state index contributed by atoms with van der Waals surface area (Å²) in [5, 5.41) is 9.77. The van der Waals surface area contributed by atoms with Crippen molar-refractivity contribution in [3.8, 4) is 5.75 Å². The lowest BCUT2D eigenvalue weighted by atomic mass is 9.70. The molecule has 1 N–H and O–H groups in total. The highest BCUT2D eigenvalue weighted by Gasteiger charge is 2.73. The van der Waals surface area contributed by atoms with Crippen molar-refractivity contribution in [2.24, 2.45) is 11.8 Å². The van der Waals surface area contributed by atoms with Gasteiger partial charge in [-0.25, -0.2) is 0 Å². The van der Waals surface area contributed by atoms with Crippen molar-refractivity contribution in [3.05, 3.63) is 49.6 Å². The number of aliphatic hydroxyl groups excluding tert-OH is 1. The number of nitrogens with zero attached hydrogens (tertiary/aromatic N) is 3. The van der Waals surface area contributed by atoms with Crippen LogP contribution in [0.4, 0.5) is 5.69 Å². The van der Waals surface area contributed by atoms with Crippen LogP contribution < -0.4 is 9.64 Å². The fraction of sp³-hybridized carbons (Fsp3) is 0.500. The second kappa shape index (κ2) is 10.1. The molecule has 1 aromatic carbocycles. The summed E-state index contributed by atoms with van der Waals surface area (Å²) in [6, 6.07) is 6.40. The van der Waals surface area contributed by atoms with Crippen LogP contribution in [-0.2, 0) is 14.4 Å². The Bertz CT molecular complexity index is 1010. The number of hydrogen-bond acceptors (Lipinski definition) is 6. The van der Waals surface area contributed by atoms with Gasteiger partial charge in [0.1, 0.15) is 11.8 Å². The van der Waals surface area contributed by atoms with E-state index in [0.29, 0.717) is 24.4 Å². The predicted octanol–water partition coefficient (Wildman–Crippen LogP) is 1.94. The average Bonchev–Trinajstić information content (AvgIpc) is 3.50. The lowest BCUT2D eigenvalue weighted by molar-refractivity contribution is -0.143. The number of aliphatic hydroxyl groups is 1. The summed E-state index contributed by atoms with van der Waals surface area (Å²) < 4.78 is 4.55. The lowest BCUT2D eigenvalue weighted by Gasteiger charge is -2.37. The minimum absolute atomic E-state index is 0.0101. The van der Waals surface area contributed by atoms with Crippen LogP contribution in [0.5, 0.6) is 5.75 Å². The van der Waals surface area contributed by atoms with Gasteiger partial charge in [-0.05, 0) is 37.1 Å². The summed E-state index contributed by atoms with van der Waals surface area (Å²) in [4.78, 5) is 46.1. The summed E-state index contributed by atoms with van der Waals surface area (Å²) in [6.07, 6.45) is 4.77. The van der Waals surface area contributed by atoms with Gasteiger partial charge in [-0.1, -0.05) is 12.2 Å². The Kier molecular flexibility index (Phi) is 7.28. The number of likely N-dealkylation sites (N-methyl/N-ethyl adjacent to an activating group) is 1. The van der Waals surface area contributed by atoms with Crippen molar-refractivity contribution in [1.29, 1.82) is 0 Å². The van der Waals surface area contributed by atoms with Crippen LogP contribution in [0, 0.1) is 11.8 Å². The molecule has 0 saturated carbocycles. The Morgan fingerprint density at radius 3 is 2.51 bits per heavy atom. The van der Waals surface area contributed by atoms with E-state index in [1.807, 2.05) is 0 Å². The summed E-state index contributed by atoms with van der Waals surface area (Å²) in [5.74, 6) is -0.929. The maximum Gasteiger partial charge on any atom is 0.251 e. The Balaban J connectivity index is 1.73. The van der Waals surface area contributed by atoms with Crippen molar-refractivity contribution in [2.45, 2.75) is 28.9 Å². The molecule has 0 aliphatic carbocycles. The van der Waals surface area contributed by atoms with E-state index in [1.165, 1.54) is 4.90 Å². The highest BCUT2D eigenvalue weighted by molar-refractivity contribution is 8.02. The highest BCUT2D eigenvalue weighted by atomic mass is 32.2. The van der Waals surface area contributed by atoms with Crippen LogP contribution in [-0.4, -0.2) is 89.1 Å². The van der Waals surface area contributed by atoms with E-state index in [0.717, 1.165) is 6.42 Å². The van der Waals surface area contributed by atoms with Crippen molar-refractivity contribution in [1.82, 2.24) is 9.80 Å². The zero-order valence-corrected chi connectivity index (χ0v) is 21.1. The fourth-order valence-electron chi connectivity index (χ4n) is 5.96. The number of amides is 3. The minimum atomic E-state index is -0.772. The zero-order chi connectivity index (χ0) is 25.3. The number of carbonyl (C=O) groups is 3. The number of ether oxygens (including phenoxy) is 1. The highest BCUT2D eigenvalue weighted by Crippen LogP contribution is 2.66. The molecule has 4 rings (SSSR count). The zero-order valence-electron chi connectivity index (χ0n) is 20.3. The van der Waals surface area contributed by atoms with Gasteiger partial charge >= 0.3 is 0 Å². The van der Waals surface area contributed by atoms with Gasteiger partial charge in [0.05, 0.1) is 30.3 Å². The number of hydrogen-bond donors (Lipinski definition) is 1. The standard InChI is InChI=1S/C26H33N3O5S/c1-5-13-27(3)23(31)20-19-11-12-26(35-19)21(20)24(32)29(15-16-30)22(26)25(33)28(14-6-2)17-7-9-18(34-4)10-8-17/h5-10,19-22,30H,1-2,11-16H2,3-4H3/t19-,20+,21+,22?,26?/m1/s1. The number of thioether (sulfide) groups is 1. The number of methoxy groups -OCH3 is 1. The molecule has 2 unspecified atom stereocenters. The van der Waals surface area contributed by atoms with Crippen LogP contribution in [0.25, 0.3) is 0 Å². The first kappa shape index (κ1) is 25.3. The van der Waals surface area contributed by atoms with Gasteiger partial charge in [0.15, 0.2) is 0 Å². The van der Waals surface area contributed by atoms with E-state index in [4.69, 9.17) is 4.74 Å². The molecule has 3 fully saturated rings. The predicted molar refractivity (Wildman–Crippen MR) is 136 cm³/mol. The number of benzene rings is 1. The largest absolute Gasteiger partial charge is 0.497 e. The molecule has 9 heteroatoms. The normalized spacial score (nSPS) is 28.5. The maximum atomic E-state index is 14.2. The Morgan fingerprint density at radius 1 is 1.23 bits per heavy atom. The minimum Gasteiger partial charge on any atom is -0.497 e. The van der Waals surface area contributed by atoms with Gasteiger partial charge in [0.25, 0.3) is 5.91 Å². The third-order valence-corrected chi connectivity index (χ3v) is 9.35. The van der Waals surface area contributed by atoms with Gasteiger partial charge < -0.3 is 24.5 Å². The van der Waals surface area contributed by atoms with Crippen LogP contribution >= 0.6 is 11.8 Å². The van der Waals surface area contributed by atoms with Crippen LogP contribution in [0.1, 0.15) is 12.8 Å². The molecule has 5 atom stereocenters. The van der Waals surface area contributed by atoms with Crippen molar-refractivity contribution in [2.75, 3.05) is 45.3 Å². The van der Waals surface area contributed by atoms with E-state index >= 15 is 0 Å². The molecule has 3 aliphatic rings. The molecule has 1 aromatic rings. The summed E-state index contributed by atoms with van der Waals surface area (Å²) in [7, 11) is 3.30. The molecule has 0 radical (unpaired) electrons. The number of rotatable bonds is 10. The lowest BCUT2D eigenvalue weighted by Crippen LogP contribution is -2.55. The molecular weight excluding hydrogens is 466 g/mol. The van der Waals surface area contributed by atoms with E-state index in [1.54, 1.807) is 72.1 Å². The molecule has 35 heavy (non-hydrogen) atoms. The number of anilines is 1. The number of likely N-dealkylation sites (tertiary alicyclic amines) is 1. The fourth-order valence-corrected chi connectivity index (χ4v) is 8.17. The first-order chi connectivity index (χ1) is 16.8. The summed E-state index contributed by atoms with van der Waals surface area (Å²) >= 11 is 1.62. The second-order valence-electron chi connectivity index (χ2n) is 9.25. The SMILES string of the molecule is C=CCN(C)C(=O)[C@@H]1[C@H]2C(=O)N(CCO)C(C(=O)N(CC=C)c3ccc(OC)cc3)C23CC[C@H]1S3. The Morgan fingerprint density at radius 2 is 1.91 bits per heavy atom. The van der Waals surface area contributed by atoms with E-state index < -0.39 is 22.6 Å². The van der Waals surface area contributed by atoms with Gasteiger partial charge in [-0.2, -0.15) is 0 Å². The molecule has 2 bridgehead atoms. The smallest absolute Gasteiger partial charge is 0.251 e. The first-order valence-electron chi connectivity index (χ1n) is 11.9. The van der Waals surface area contributed by atoms with Gasteiger partial charge in [0.2, 0.25) is 11.8 Å². The van der Waals surface area contributed by atoms with E-state index in [-0.39, 0.29) is 42.7 Å². The van der Waals surface area contributed by atoms with Gasteiger partial charge in [-0.3, -0.25) is 14.4 Å². The van der Waals surface area contributed by atoms with Gasteiger partial charge in [0, 0.05) is 37.6 Å².